The Labute approximate surface area is 99.2 Å². The van der Waals surface area contributed by atoms with Gasteiger partial charge in [0.2, 0.25) is 0 Å². The van der Waals surface area contributed by atoms with Crippen LogP contribution in [0.25, 0.3) is 6.08 Å². The van der Waals surface area contributed by atoms with Gasteiger partial charge in [0.15, 0.2) is 0 Å². The third-order valence-electron chi connectivity index (χ3n) is 1.99. The van der Waals surface area contributed by atoms with Gasteiger partial charge in [-0.1, -0.05) is 30.3 Å². The number of nitrogens with zero attached hydrogens (tertiary/aromatic N) is 1. The van der Waals surface area contributed by atoms with Gasteiger partial charge in [-0.3, -0.25) is 9.82 Å². The number of sulfonamides is 1. The number of anilines is 1. The van der Waals surface area contributed by atoms with E-state index in [9.17, 15) is 8.42 Å². The van der Waals surface area contributed by atoms with Gasteiger partial charge in [-0.2, -0.15) is 5.10 Å². The monoisotopic (exact) mass is 249 g/mol. The van der Waals surface area contributed by atoms with Gasteiger partial charge in [0.25, 0.3) is 10.0 Å². The van der Waals surface area contributed by atoms with Crippen LogP contribution in [0.15, 0.2) is 48.0 Å². The van der Waals surface area contributed by atoms with E-state index in [4.69, 9.17) is 0 Å². The van der Waals surface area contributed by atoms with E-state index >= 15 is 0 Å². The van der Waals surface area contributed by atoms with Crippen LogP contribution >= 0.6 is 0 Å². The number of rotatable bonds is 4. The van der Waals surface area contributed by atoms with Crippen LogP contribution in [-0.2, 0) is 10.0 Å². The van der Waals surface area contributed by atoms with Crippen molar-refractivity contribution in [2.24, 2.45) is 0 Å². The molecule has 0 unspecified atom stereocenters. The van der Waals surface area contributed by atoms with E-state index in [1.54, 1.807) is 0 Å². The number of benzene rings is 1. The Kier molecular flexibility index (Phi) is 3.24. The summed E-state index contributed by atoms with van der Waals surface area (Å²) < 4.78 is 25.6. The Hall–Kier alpha value is -2.08. The molecule has 1 heterocycles. The molecule has 2 aromatic rings. The van der Waals surface area contributed by atoms with Crippen molar-refractivity contribution < 1.29 is 8.42 Å². The molecule has 0 saturated heterocycles. The first-order chi connectivity index (χ1) is 8.16. The van der Waals surface area contributed by atoms with Gasteiger partial charge >= 0.3 is 0 Å². The molecule has 0 spiro atoms. The molecule has 1 aromatic carbocycles. The maximum Gasteiger partial charge on any atom is 0.256 e. The van der Waals surface area contributed by atoms with Crippen molar-refractivity contribution in [2.75, 3.05) is 4.72 Å². The zero-order chi connectivity index (χ0) is 12.1. The highest BCUT2D eigenvalue weighted by Crippen LogP contribution is 2.07. The number of aromatic nitrogens is 2. The lowest BCUT2D eigenvalue weighted by molar-refractivity contribution is 0.609. The predicted octanol–water partition coefficient (Wildman–Crippen LogP) is 1.82. The summed E-state index contributed by atoms with van der Waals surface area (Å²) in [6.45, 7) is 0. The SMILES string of the molecule is O=S(=O)(C=Cc1ccccc1)Nc1ccn[nH]1. The number of nitrogens with one attached hydrogen (secondary N) is 2. The van der Waals surface area contributed by atoms with Gasteiger partial charge in [0, 0.05) is 6.07 Å². The molecule has 0 atom stereocenters. The molecule has 2 rings (SSSR count). The molecule has 0 saturated carbocycles. The highest BCUT2D eigenvalue weighted by atomic mass is 32.2. The topological polar surface area (TPSA) is 74.8 Å². The van der Waals surface area contributed by atoms with Crippen LogP contribution in [0.5, 0.6) is 0 Å². The van der Waals surface area contributed by atoms with Crippen molar-refractivity contribution in [3.8, 4) is 0 Å². The second kappa shape index (κ2) is 4.84. The second-order valence-electron chi connectivity index (χ2n) is 3.33. The van der Waals surface area contributed by atoms with Gasteiger partial charge in [-0.15, -0.1) is 0 Å². The molecule has 0 fully saturated rings. The lowest BCUT2D eigenvalue weighted by atomic mass is 10.2. The number of hydrogen-bond donors (Lipinski definition) is 2. The quantitative estimate of drug-likeness (QED) is 0.868. The molecule has 17 heavy (non-hydrogen) atoms. The van der Waals surface area contributed by atoms with Crippen LogP contribution in [0, 0.1) is 0 Å². The molecule has 0 radical (unpaired) electrons. The first-order valence-electron chi connectivity index (χ1n) is 4.91. The lowest BCUT2D eigenvalue weighted by Crippen LogP contribution is -2.08. The van der Waals surface area contributed by atoms with E-state index in [0.29, 0.717) is 5.82 Å². The molecule has 6 heteroatoms. The molecule has 88 valence electrons. The molecule has 0 aliphatic heterocycles. The van der Waals surface area contributed by atoms with Crippen LogP contribution in [0.2, 0.25) is 0 Å². The fraction of sp³-hybridized carbons (Fsp3) is 0. The Morgan fingerprint density at radius 2 is 1.94 bits per heavy atom. The summed E-state index contributed by atoms with van der Waals surface area (Å²) in [5.41, 5.74) is 0.822. The van der Waals surface area contributed by atoms with Crippen LogP contribution in [-0.4, -0.2) is 18.6 Å². The van der Waals surface area contributed by atoms with Crippen LogP contribution in [0.3, 0.4) is 0 Å². The standard InChI is InChI=1S/C11H11N3O2S/c15-17(16,14-11-6-8-12-13-11)9-7-10-4-2-1-3-5-10/h1-9H,(H2,12,13,14). The molecule has 0 aliphatic rings. The first-order valence-corrected chi connectivity index (χ1v) is 6.46. The van der Waals surface area contributed by atoms with E-state index in [1.807, 2.05) is 30.3 Å². The minimum Gasteiger partial charge on any atom is -0.264 e. The molecule has 0 aliphatic carbocycles. The maximum atomic E-state index is 11.6. The summed E-state index contributed by atoms with van der Waals surface area (Å²) in [6, 6.07) is 10.7. The lowest BCUT2D eigenvalue weighted by Gasteiger charge is -1.99. The van der Waals surface area contributed by atoms with Crippen molar-refractivity contribution in [2.45, 2.75) is 0 Å². The van der Waals surface area contributed by atoms with Gasteiger partial charge in [0.05, 0.1) is 11.6 Å². The third-order valence-corrected chi connectivity index (χ3v) is 2.99. The summed E-state index contributed by atoms with van der Waals surface area (Å²) >= 11 is 0. The van der Waals surface area contributed by atoms with Gasteiger partial charge in [0.1, 0.15) is 5.82 Å². The molecular weight excluding hydrogens is 238 g/mol. The Bertz CT molecular complexity index is 589. The van der Waals surface area contributed by atoms with E-state index < -0.39 is 10.0 Å². The van der Waals surface area contributed by atoms with Crippen molar-refractivity contribution in [1.82, 2.24) is 10.2 Å². The molecular formula is C11H11N3O2S. The third kappa shape index (κ3) is 3.46. The Morgan fingerprint density at radius 3 is 2.59 bits per heavy atom. The summed E-state index contributed by atoms with van der Waals surface area (Å²) in [4.78, 5) is 0. The van der Waals surface area contributed by atoms with Crippen molar-refractivity contribution in [1.29, 1.82) is 0 Å². The predicted molar refractivity (Wildman–Crippen MR) is 66.6 cm³/mol. The minimum atomic E-state index is -3.50. The number of hydrogen-bond acceptors (Lipinski definition) is 3. The fourth-order valence-corrected chi connectivity index (χ4v) is 2.06. The van der Waals surface area contributed by atoms with Gasteiger partial charge in [-0.25, -0.2) is 8.42 Å². The molecule has 1 aromatic heterocycles. The number of H-pyrrole nitrogens is 1. The van der Waals surface area contributed by atoms with E-state index in [-0.39, 0.29) is 0 Å². The Balaban J connectivity index is 2.10. The maximum absolute atomic E-state index is 11.6. The van der Waals surface area contributed by atoms with Crippen LogP contribution in [0.1, 0.15) is 5.56 Å². The fourth-order valence-electron chi connectivity index (χ4n) is 1.23. The zero-order valence-corrected chi connectivity index (χ0v) is 9.68. The molecule has 5 nitrogen and oxygen atoms in total. The van der Waals surface area contributed by atoms with Crippen molar-refractivity contribution in [3.05, 3.63) is 53.6 Å². The Morgan fingerprint density at radius 1 is 1.18 bits per heavy atom. The summed E-state index contributed by atoms with van der Waals surface area (Å²) in [7, 11) is -3.50. The summed E-state index contributed by atoms with van der Waals surface area (Å²) in [5, 5.41) is 7.28. The zero-order valence-electron chi connectivity index (χ0n) is 8.87. The normalized spacial score (nSPS) is 11.8. The van der Waals surface area contributed by atoms with E-state index in [0.717, 1.165) is 11.0 Å². The van der Waals surface area contributed by atoms with Gasteiger partial charge in [-0.05, 0) is 11.6 Å². The number of aromatic amines is 1. The van der Waals surface area contributed by atoms with Crippen molar-refractivity contribution in [3.63, 3.8) is 0 Å². The minimum absolute atomic E-state index is 0.336. The highest BCUT2D eigenvalue weighted by molar-refractivity contribution is 7.95. The molecule has 0 amide bonds. The molecule has 2 N–H and O–H groups in total. The largest absolute Gasteiger partial charge is 0.264 e. The smallest absolute Gasteiger partial charge is 0.256 e. The van der Waals surface area contributed by atoms with E-state index in [1.165, 1.54) is 18.3 Å². The summed E-state index contributed by atoms with van der Waals surface area (Å²) in [5.74, 6) is 0.336. The van der Waals surface area contributed by atoms with Gasteiger partial charge < -0.3 is 0 Å². The highest BCUT2D eigenvalue weighted by Gasteiger charge is 2.05. The average Bonchev–Trinajstić information content (AvgIpc) is 2.80. The second-order valence-corrected chi connectivity index (χ2v) is 4.90. The molecule has 0 bridgehead atoms. The van der Waals surface area contributed by atoms with Crippen molar-refractivity contribution >= 4 is 21.9 Å². The van der Waals surface area contributed by atoms with Crippen LogP contribution in [0.4, 0.5) is 5.82 Å². The first kappa shape index (κ1) is 11.4. The van der Waals surface area contributed by atoms with E-state index in [2.05, 4.69) is 14.9 Å². The summed E-state index contributed by atoms with van der Waals surface area (Å²) in [6.07, 6.45) is 3.00. The van der Waals surface area contributed by atoms with Crippen LogP contribution < -0.4 is 4.72 Å². The average molecular weight is 249 g/mol.